The summed E-state index contributed by atoms with van der Waals surface area (Å²) < 4.78 is 15.6. The van der Waals surface area contributed by atoms with Crippen LogP contribution in [-0.4, -0.2) is 25.7 Å². The van der Waals surface area contributed by atoms with E-state index in [1.807, 2.05) is 6.07 Å². The average molecular weight is 422 g/mol. The van der Waals surface area contributed by atoms with Gasteiger partial charge in [0.05, 0.1) is 0 Å². The summed E-state index contributed by atoms with van der Waals surface area (Å²) in [7, 11) is 0. The number of rotatable bonds is 4. The minimum atomic E-state index is -0.452. The number of benzene rings is 2. The number of hydrogen-bond acceptors (Lipinski definition) is 6. The van der Waals surface area contributed by atoms with Crippen LogP contribution in [0.2, 0.25) is 0 Å². The van der Waals surface area contributed by atoms with Crippen LogP contribution in [0.3, 0.4) is 0 Å². The standard InChI is InChI=1S/C22H19FN4O2S/c23-16-8-2-1-5-14(16)12-30-22-25-21-24-17-9-4-10-18(29)19(17)20(27(21)26-22)13-6-3-7-15(28)11-13/h1-3,5-8,11,20,28H,4,9-10,12H2,(H,24,25,26)/t20-/m1/s1. The van der Waals surface area contributed by atoms with Crippen LogP contribution in [0.4, 0.5) is 10.3 Å². The smallest absolute Gasteiger partial charge is 0.227 e. The first-order chi connectivity index (χ1) is 14.6. The van der Waals surface area contributed by atoms with Gasteiger partial charge in [-0.15, -0.1) is 5.10 Å². The van der Waals surface area contributed by atoms with Gasteiger partial charge in [-0.2, -0.15) is 4.98 Å². The first kappa shape index (κ1) is 18.9. The predicted octanol–water partition coefficient (Wildman–Crippen LogP) is 4.44. The summed E-state index contributed by atoms with van der Waals surface area (Å²) in [5.74, 6) is 0.908. The van der Waals surface area contributed by atoms with Crippen LogP contribution in [0.5, 0.6) is 5.75 Å². The third-order valence-electron chi connectivity index (χ3n) is 5.35. The Labute approximate surface area is 176 Å². The van der Waals surface area contributed by atoms with Gasteiger partial charge in [-0.25, -0.2) is 9.07 Å². The number of thioether (sulfide) groups is 1. The lowest BCUT2D eigenvalue weighted by molar-refractivity contribution is -0.116. The molecular formula is C22H19FN4O2S. The number of hydrogen-bond donors (Lipinski definition) is 2. The molecule has 1 aliphatic carbocycles. The molecular weight excluding hydrogens is 403 g/mol. The molecule has 2 heterocycles. The summed E-state index contributed by atoms with van der Waals surface area (Å²) in [6, 6.07) is 13.1. The molecule has 2 N–H and O–H groups in total. The summed E-state index contributed by atoms with van der Waals surface area (Å²) in [5, 5.41) is 18.4. The number of allylic oxidation sites excluding steroid dienone is 2. The first-order valence-corrected chi connectivity index (χ1v) is 10.7. The number of phenolic OH excluding ortho intramolecular Hbond substituents is 1. The van der Waals surface area contributed by atoms with Gasteiger partial charge in [-0.05, 0) is 42.2 Å². The van der Waals surface area contributed by atoms with Gasteiger partial charge in [0.25, 0.3) is 0 Å². The Balaban J connectivity index is 1.52. The van der Waals surface area contributed by atoms with E-state index < -0.39 is 6.04 Å². The van der Waals surface area contributed by atoms with Gasteiger partial charge in [0.15, 0.2) is 5.78 Å². The van der Waals surface area contributed by atoms with E-state index >= 15 is 0 Å². The highest BCUT2D eigenvalue weighted by molar-refractivity contribution is 7.98. The number of phenols is 1. The first-order valence-electron chi connectivity index (χ1n) is 9.75. The molecule has 0 bridgehead atoms. The molecule has 0 fully saturated rings. The Morgan fingerprint density at radius 2 is 2.07 bits per heavy atom. The van der Waals surface area contributed by atoms with Gasteiger partial charge >= 0.3 is 0 Å². The number of ketones is 1. The topological polar surface area (TPSA) is 80.0 Å². The highest BCUT2D eigenvalue weighted by Gasteiger charge is 2.36. The van der Waals surface area contributed by atoms with E-state index in [2.05, 4.69) is 15.4 Å². The van der Waals surface area contributed by atoms with E-state index in [0.717, 1.165) is 24.1 Å². The van der Waals surface area contributed by atoms with Crippen LogP contribution in [0.1, 0.15) is 36.4 Å². The van der Waals surface area contributed by atoms with Crippen molar-refractivity contribution in [1.29, 1.82) is 0 Å². The number of fused-ring (bicyclic) bond motifs is 1. The van der Waals surface area contributed by atoms with Crippen LogP contribution >= 0.6 is 11.8 Å². The van der Waals surface area contributed by atoms with E-state index in [0.29, 0.717) is 34.4 Å². The molecule has 1 aromatic heterocycles. The molecule has 0 spiro atoms. The lowest BCUT2D eigenvalue weighted by Crippen LogP contribution is -2.31. The largest absolute Gasteiger partial charge is 0.508 e. The van der Waals surface area contributed by atoms with Crippen molar-refractivity contribution in [1.82, 2.24) is 14.8 Å². The Morgan fingerprint density at radius 3 is 2.90 bits per heavy atom. The monoisotopic (exact) mass is 422 g/mol. The molecule has 0 saturated carbocycles. The molecule has 2 aromatic carbocycles. The molecule has 8 heteroatoms. The number of aromatic hydroxyl groups is 1. The van der Waals surface area contributed by atoms with Crippen molar-refractivity contribution in [3.63, 3.8) is 0 Å². The minimum Gasteiger partial charge on any atom is -0.508 e. The fourth-order valence-corrected chi connectivity index (χ4v) is 4.77. The molecule has 30 heavy (non-hydrogen) atoms. The maximum Gasteiger partial charge on any atom is 0.227 e. The van der Waals surface area contributed by atoms with Crippen molar-refractivity contribution in [3.05, 3.63) is 76.7 Å². The van der Waals surface area contributed by atoms with E-state index in [1.54, 1.807) is 41.1 Å². The van der Waals surface area contributed by atoms with Gasteiger partial charge in [0.1, 0.15) is 17.6 Å². The van der Waals surface area contributed by atoms with E-state index in [-0.39, 0.29) is 17.3 Å². The van der Waals surface area contributed by atoms with Gasteiger partial charge in [0.2, 0.25) is 11.1 Å². The third-order valence-corrected chi connectivity index (χ3v) is 6.24. The Kier molecular flexibility index (Phi) is 4.78. The zero-order chi connectivity index (χ0) is 20.7. The molecule has 2 aliphatic rings. The number of aromatic nitrogens is 3. The molecule has 1 atom stereocenters. The molecule has 6 nitrogen and oxygen atoms in total. The predicted molar refractivity (Wildman–Crippen MR) is 112 cm³/mol. The Hall–Kier alpha value is -3.13. The summed E-state index contributed by atoms with van der Waals surface area (Å²) in [6.45, 7) is 0. The highest BCUT2D eigenvalue weighted by Crippen LogP contribution is 2.41. The number of carbonyl (C=O) groups is 1. The van der Waals surface area contributed by atoms with Crippen LogP contribution in [0.25, 0.3) is 0 Å². The molecule has 0 unspecified atom stereocenters. The van der Waals surface area contributed by atoms with Crippen molar-refractivity contribution in [2.45, 2.75) is 36.2 Å². The number of carbonyl (C=O) groups excluding carboxylic acids is 1. The molecule has 3 aromatic rings. The average Bonchev–Trinajstić information content (AvgIpc) is 3.14. The Morgan fingerprint density at radius 1 is 1.20 bits per heavy atom. The summed E-state index contributed by atoms with van der Waals surface area (Å²) >= 11 is 1.34. The maximum atomic E-state index is 13.9. The van der Waals surface area contributed by atoms with Gasteiger partial charge in [-0.3, -0.25) is 4.79 Å². The second-order valence-corrected chi connectivity index (χ2v) is 8.28. The Bertz CT molecular complexity index is 1170. The van der Waals surface area contributed by atoms with Crippen molar-refractivity contribution in [3.8, 4) is 5.75 Å². The molecule has 0 radical (unpaired) electrons. The molecule has 0 saturated heterocycles. The number of anilines is 1. The highest BCUT2D eigenvalue weighted by atomic mass is 32.2. The van der Waals surface area contributed by atoms with E-state index in [9.17, 15) is 14.3 Å². The van der Waals surface area contributed by atoms with Gasteiger partial charge in [0, 0.05) is 23.4 Å². The van der Waals surface area contributed by atoms with Crippen LogP contribution in [0.15, 0.2) is 65.0 Å². The molecule has 0 amide bonds. The maximum absolute atomic E-state index is 13.9. The zero-order valence-electron chi connectivity index (χ0n) is 16.0. The number of nitrogens with zero attached hydrogens (tertiary/aromatic N) is 3. The number of halogens is 1. The fraction of sp³-hybridized carbons (Fsp3) is 0.227. The lowest BCUT2D eigenvalue weighted by atomic mass is 9.85. The number of Topliss-reactive ketones (excluding diaryl/α,β-unsaturated/α-hetero) is 1. The zero-order valence-corrected chi connectivity index (χ0v) is 16.8. The van der Waals surface area contributed by atoms with Gasteiger partial charge in [-0.1, -0.05) is 42.1 Å². The van der Waals surface area contributed by atoms with Crippen LogP contribution < -0.4 is 5.32 Å². The SMILES string of the molecule is O=C1CCCC2=C1[C@@H](c1cccc(O)c1)n1nc(SCc3ccccc3F)nc1N2. The summed E-state index contributed by atoms with van der Waals surface area (Å²) in [4.78, 5) is 17.4. The summed E-state index contributed by atoms with van der Waals surface area (Å²) in [6.07, 6.45) is 2.05. The molecule has 5 rings (SSSR count). The third kappa shape index (κ3) is 3.37. The van der Waals surface area contributed by atoms with Crippen molar-refractivity contribution in [2.75, 3.05) is 5.32 Å². The van der Waals surface area contributed by atoms with E-state index in [4.69, 9.17) is 0 Å². The normalized spacial score (nSPS) is 18.0. The lowest BCUT2D eigenvalue weighted by Gasteiger charge is -2.32. The van der Waals surface area contributed by atoms with Crippen LogP contribution in [-0.2, 0) is 10.5 Å². The van der Waals surface area contributed by atoms with Crippen molar-refractivity contribution >= 4 is 23.5 Å². The van der Waals surface area contributed by atoms with Crippen molar-refractivity contribution in [2.24, 2.45) is 0 Å². The van der Waals surface area contributed by atoms with E-state index in [1.165, 1.54) is 17.8 Å². The second kappa shape index (κ2) is 7.60. The van der Waals surface area contributed by atoms with Crippen LogP contribution in [0, 0.1) is 5.82 Å². The fourth-order valence-electron chi connectivity index (χ4n) is 3.96. The second-order valence-electron chi connectivity index (χ2n) is 7.33. The minimum absolute atomic E-state index is 0.0822. The quantitative estimate of drug-likeness (QED) is 0.605. The number of nitrogens with one attached hydrogen (secondary N) is 1. The summed E-state index contributed by atoms with van der Waals surface area (Å²) in [5.41, 5.74) is 2.90. The van der Waals surface area contributed by atoms with Crippen molar-refractivity contribution < 1.29 is 14.3 Å². The molecule has 1 aliphatic heterocycles. The molecule has 152 valence electrons. The van der Waals surface area contributed by atoms with Gasteiger partial charge < -0.3 is 10.4 Å².